The quantitative estimate of drug-likeness (QED) is 0.682. The summed E-state index contributed by atoms with van der Waals surface area (Å²) in [6, 6.07) is 0. The van der Waals surface area contributed by atoms with Crippen LogP contribution in [0, 0.1) is 5.92 Å². The topological polar surface area (TPSA) is 32.3 Å². The normalized spacial score (nSPS) is 18.0. The van der Waals surface area contributed by atoms with Crippen molar-refractivity contribution < 1.29 is 5.11 Å². The van der Waals surface area contributed by atoms with Gasteiger partial charge in [0.05, 0.1) is 5.60 Å². The Labute approximate surface area is 76.4 Å². The van der Waals surface area contributed by atoms with Gasteiger partial charge < -0.3 is 10.4 Å². The van der Waals surface area contributed by atoms with Crippen LogP contribution >= 0.6 is 0 Å². The maximum absolute atomic E-state index is 9.89. The lowest BCUT2D eigenvalue weighted by Crippen LogP contribution is -2.48. The molecule has 0 aromatic carbocycles. The molecule has 0 radical (unpaired) electrons. The number of β-amino-alcohol motifs (C(OH)–C–C–N with tert-alkyl or cyclic N) is 1. The lowest BCUT2D eigenvalue weighted by Gasteiger charge is -2.32. The first-order valence-corrected chi connectivity index (χ1v) is 4.62. The Balaban J connectivity index is 3.93. The van der Waals surface area contributed by atoms with Crippen LogP contribution in [0.3, 0.4) is 0 Å². The summed E-state index contributed by atoms with van der Waals surface area (Å²) in [4.78, 5) is 0. The van der Waals surface area contributed by atoms with Gasteiger partial charge in [0.15, 0.2) is 0 Å². The molecule has 0 heterocycles. The zero-order valence-corrected chi connectivity index (χ0v) is 9.23. The molecule has 12 heavy (non-hydrogen) atoms. The van der Waals surface area contributed by atoms with E-state index in [9.17, 15) is 5.11 Å². The minimum absolute atomic E-state index is 0.0822. The van der Waals surface area contributed by atoms with Crippen molar-refractivity contribution >= 4 is 0 Å². The Morgan fingerprint density at radius 2 is 1.58 bits per heavy atom. The van der Waals surface area contributed by atoms with Gasteiger partial charge in [-0.25, -0.2) is 0 Å². The van der Waals surface area contributed by atoms with Crippen LogP contribution in [-0.4, -0.2) is 22.8 Å². The van der Waals surface area contributed by atoms with E-state index in [-0.39, 0.29) is 11.5 Å². The zero-order chi connectivity index (χ0) is 9.99. The van der Waals surface area contributed by atoms with Crippen molar-refractivity contribution in [2.75, 3.05) is 6.54 Å². The van der Waals surface area contributed by atoms with Crippen LogP contribution in [0.5, 0.6) is 0 Å². The highest BCUT2D eigenvalue weighted by Gasteiger charge is 2.26. The molecule has 0 aliphatic rings. The van der Waals surface area contributed by atoms with Crippen LogP contribution in [0.1, 0.15) is 41.5 Å². The first-order chi connectivity index (χ1) is 5.15. The van der Waals surface area contributed by atoms with Crippen LogP contribution in [0.15, 0.2) is 0 Å². The Morgan fingerprint density at radius 1 is 1.17 bits per heavy atom. The summed E-state index contributed by atoms with van der Waals surface area (Å²) in [6.45, 7) is 12.9. The molecule has 0 spiro atoms. The highest BCUT2D eigenvalue weighted by atomic mass is 16.3. The Bertz CT molecular complexity index is 133. The number of nitrogens with one attached hydrogen (secondary N) is 1. The summed E-state index contributed by atoms with van der Waals surface area (Å²) in [7, 11) is 0. The van der Waals surface area contributed by atoms with Gasteiger partial charge in [-0.1, -0.05) is 13.8 Å². The fourth-order valence-electron chi connectivity index (χ4n) is 0.648. The van der Waals surface area contributed by atoms with Crippen LogP contribution in [-0.2, 0) is 0 Å². The lowest BCUT2D eigenvalue weighted by atomic mass is 9.91. The molecular formula is C10H23NO. The fraction of sp³-hybridized carbons (Fsp3) is 1.00. The standard InChI is InChI=1S/C10H23NO/c1-8(2)10(6,12)7-11-9(3,4)5/h8,11-12H,7H2,1-6H3. The predicted molar refractivity (Wildman–Crippen MR) is 53.2 cm³/mol. The number of rotatable bonds is 3. The molecule has 0 rings (SSSR count). The third-order valence-electron chi connectivity index (χ3n) is 2.22. The van der Waals surface area contributed by atoms with Crippen molar-refractivity contribution in [1.29, 1.82) is 0 Å². The maximum Gasteiger partial charge on any atom is 0.0766 e. The van der Waals surface area contributed by atoms with Crippen LogP contribution in [0.25, 0.3) is 0 Å². The molecule has 0 aromatic rings. The average molecular weight is 173 g/mol. The van der Waals surface area contributed by atoms with Crippen molar-refractivity contribution in [3.63, 3.8) is 0 Å². The third-order valence-corrected chi connectivity index (χ3v) is 2.22. The van der Waals surface area contributed by atoms with E-state index in [1.807, 2.05) is 20.8 Å². The molecule has 1 atom stereocenters. The van der Waals surface area contributed by atoms with Gasteiger partial charge in [-0.3, -0.25) is 0 Å². The summed E-state index contributed by atoms with van der Waals surface area (Å²) in [5.41, 5.74) is -0.522. The molecule has 74 valence electrons. The molecule has 0 aliphatic heterocycles. The predicted octanol–water partition coefficient (Wildman–Crippen LogP) is 1.78. The van der Waals surface area contributed by atoms with Crippen molar-refractivity contribution in [3.8, 4) is 0 Å². The van der Waals surface area contributed by atoms with E-state index in [0.717, 1.165) is 0 Å². The van der Waals surface area contributed by atoms with E-state index in [0.29, 0.717) is 6.54 Å². The molecule has 2 N–H and O–H groups in total. The van der Waals surface area contributed by atoms with E-state index in [2.05, 4.69) is 26.1 Å². The Morgan fingerprint density at radius 3 is 1.83 bits per heavy atom. The summed E-state index contributed by atoms with van der Waals surface area (Å²) >= 11 is 0. The van der Waals surface area contributed by atoms with E-state index in [4.69, 9.17) is 0 Å². The molecule has 2 heteroatoms. The molecule has 0 bridgehead atoms. The smallest absolute Gasteiger partial charge is 0.0766 e. The van der Waals surface area contributed by atoms with E-state index in [1.165, 1.54) is 0 Å². The van der Waals surface area contributed by atoms with Crippen molar-refractivity contribution in [2.45, 2.75) is 52.7 Å². The average Bonchev–Trinajstić information content (AvgIpc) is 1.82. The molecule has 0 aromatic heterocycles. The third kappa shape index (κ3) is 4.73. The minimum Gasteiger partial charge on any atom is -0.389 e. The molecule has 0 aliphatic carbocycles. The molecule has 2 nitrogen and oxygen atoms in total. The second kappa shape index (κ2) is 3.75. The fourth-order valence-corrected chi connectivity index (χ4v) is 0.648. The van der Waals surface area contributed by atoms with Gasteiger partial charge in [0.25, 0.3) is 0 Å². The highest BCUT2D eigenvalue weighted by Crippen LogP contribution is 2.15. The molecule has 0 amide bonds. The van der Waals surface area contributed by atoms with Crippen molar-refractivity contribution in [3.05, 3.63) is 0 Å². The van der Waals surface area contributed by atoms with E-state index < -0.39 is 5.60 Å². The second-order valence-electron chi connectivity index (χ2n) is 5.12. The van der Waals surface area contributed by atoms with Gasteiger partial charge in [0, 0.05) is 12.1 Å². The van der Waals surface area contributed by atoms with Gasteiger partial charge in [-0.05, 0) is 33.6 Å². The second-order valence-corrected chi connectivity index (χ2v) is 5.12. The van der Waals surface area contributed by atoms with Crippen LogP contribution < -0.4 is 5.32 Å². The SMILES string of the molecule is CC(C)C(C)(O)CNC(C)(C)C. The van der Waals surface area contributed by atoms with Gasteiger partial charge >= 0.3 is 0 Å². The maximum atomic E-state index is 9.89. The molecular weight excluding hydrogens is 150 g/mol. The molecule has 0 saturated carbocycles. The first-order valence-electron chi connectivity index (χ1n) is 4.62. The van der Waals surface area contributed by atoms with Gasteiger partial charge in [0.1, 0.15) is 0 Å². The molecule has 1 unspecified atom stereocenters. The van der Waals surface area contributed by atoms with E-state index >= 15 is 0 Å². The van der Waals surface area contributed by atoms with Gasteiger partial charge in [0.2, 0.25) is 0 Å². The van der Waals surface area contributed by atoms with Crippen molar-refractivity contribution in [2.24, 2.45) is 5.92 Å². The lowest BCUT2D eigenvalue weighted by molar-refractivity contribution is 0.00907. The summed E-state index contributed by atoms with van der Waals surface area (Å²) in [6.07, 6.45) is 0. The van der Waals surface area contributed by atoms with Crippen LogP contribution in [0.4, 0.5) is 0 Å². The van der Waals surface area contributed by atoms with Crippen molar-refractivity contribution in [1.82, 2.24) is 5.32 Å². The Kier molecular flexibility index (Phi) is 3.73. The minimum atomic E-state index is -0.604. The van der Waals surface area contributed by atoms with E-state index in [1.54, 1.807) is 0 Å². The highest BCUT2D eigenvalue weighted by molar-refractivity contribution is 4.82. The molecule has 0 saturated heterocycles. The number of hydrogen-bond acceptors (Lipinski definition) is 2. The summed E-state index contributed by atoms with van der Waals surface area (Å²) in [5.74, 6) is 0.285. The Hall–Kier alpha value is -0.0800. The monoisotopic (exact) mass is 173 g/mol. The summed E-state index contributed by atoms with van der Waals surface area (Å²) in [5, 5.41) is 13.2. The van der Waals surface area contributed by atoms with Gasteiger partial charge in [-0.15, -0.1) is 0 Å². The number of hydrogen-bond donors (Lipinski definition) is 2. The van der Waals surface area contributed by atoms with Gasteiger partial charge in [-0.2, -0.15) is 0 Å². The first kappa shape index (κ1) is 11.9. The largest absolute Gasteiger partial charge is 0.389 e. The number of aliphatic hydroxyl groups is 1. The van der Waals surface area contributed by atoms with Crippen LogP contribution in [0.2, 0.25) is 0 Å². The zero-order valence-electron chi connectivity index (χ0n) is 9.23. The molecule has 0 fully saturated rings. The summed E-state index contributed by atoms with van der Waals surface area (Å²) < 4.78 is 0.